The molecule has 2 rings (SSSR count). The molecule has 0 spiro atoms. The maximum absolute atomic E-state index is 12.4. The van der Waals surface area contributed by atoms with Gasteiger partial charge >= 0.3 is 0 Å². The SMILES string of the molecule is COCc1cccc(CNS(=O)(=O)c2cccc(Cl)c2C)c1. The predicted molar refractivity (Wildman–Crippen MR) is 87.4 cm³/mol. The van der Waals surface area contributed by atoms with Gasteiger partial charge in [0.25, 0.3) is 0 Å². The lowest BCUT2D eigenvalue weighted by Gasteiger charge is -2.11. The summed E-state index contributed by atoms with van der Waals surface area (Å²) in [5, 5.41) is 0.435. The van der Waals surface area contributed by atoms with Crippen LogP contribution in [0.4, 0.5) is 0 Å². The minimum Gasteiger partial charge on any atom is -0.380 e. The van der Waals surface area contributed by atoms with Crippen LogP contribution >= 0.6 is 11.6 Å². The van der Waals surface area contributed by atoms with Crippen molar-refractivity contribution in [3.8, 4) is 0 Å². The summed E-state index contributed by atoms with van der Waals surface area (Å²) < 4.78 is 32.5. The zero-order chi connectivity index (χ0) is 16.2. The lowest BCUT2D eigenvalue weighted by molar-refractivity contribution is 0.185. The van der Waals surface area contributed by atoms with Gasteiger partial charge < -0.3 is 4.74 Å². The van der Waals surface area contributed by atoms with Crippen LogP contribution in [-0.2, 0) is 27.9 Å². The molecule has 0 bridgehead atoms. The highest BCUT2D eigenvalue weighted by Crippen LogP contribution is 2.22. The second kappa shape index (κ2) is 7.24. The smallest absolute Gasteiger partial charge is 0.241 e. The van der Waals surface area contributed by atoms with E-state index in [1.54, 1.807) is 32.2 Å². The van der Waals surface area contributed by atoms with Crippen LogP contribution in [0.2, 0.25) is 5.02 Å². The summed E-state index contributed by atoms with van der Waals surface area (Å²) in [6.45, 7) is 2.40. The van der Waals surface area contributed by atoms with Crippen LogP contribution in [0.25, 0.3) is 0 Å². The minimum atomic E-state index is -3.60. The van der Waals surface area contributed by atoms with Crippen LogP contribution in [0.3, 0.4) is 0 Å². The number of hydrogen-bond donors (Lipinski definition) is 1. The Hall–Kier alpha value is -1.40. The van der Waals surface area contributed by atoms with E-state index in [1.807, 2.05) is 24.3 Å². The zero-order valence-corrected chi connectivity index (χ0v) is 14.0. The van der Waals surface area contributed by atoms with E-state index in [4.69, 9.17) is 16.3 Å². The first-order valence-electron chi connectivity index (χ1n) is 6.75. The van der Waals surface area contributed by atoms with E-state index >= 15 is 0 Å². The Morgan fingerprint density at radius 2 is 1.82 bits per heavy atom. The molecule has 2 aromatic carbocycles. The monoisotopic (exact) mass is 339 g/mol. The first-order valence-corrected chi connectivity index (χ1v) is 8.61. The van der Waals surface area contributed by atoms with Gasteiger partial charge in [0.2, 0.25) is 10.0 Å². The molecule has 0 aromatic heterocycles. The fourth-order valence-corrected chi connectivity index (χ4v) is 3.64. The summed E-state index contributed by atoms with van der Waals surface area (Å²) in [7, 11) is -1.98. The van der Waals surface area contributed by atoms with E-state index in [0.29, 0.717) is 17.2 Å². The topological polar surface area (TPSA) is 55.4 Å². The first-order chi connectivity index (χ1) is 10.4. The van der Waals surface area contributed by atoms with E-state index < -0.39 is 10.0 Å². The fraction of sp³-hybridized carbons (Fsp3) is 0.250. The largest absolute Gasteiger partial charge is 0.380 e. The molecular formula is C16H18ClNO3S. The maximum Gasteiger partial charge on any atom is 0.241 e. The van der Waals surface area contributed by atoms with Crippen molar-refractivity contribution in [1.82, 2.24) is 4.72 Å². The van der Waals surface area contributed by atoms with Gasteiger partial charge in [-0.15, -0.1) is 0 Å². The van der Waals surface area contributed by atoms with Crippen molar-refractivity contribution < 1.29 is 13.2 Å². The number of benzene rings is 2. The average molecular weight is 340 g/mol. The van der Waals surface area contributed by atoms with Gasteiger partial charge in [0.05, 0.1) is 11.5 Å². The Balaban J connectivity index is 2.16. The summed E-state index contributed by atoms with van der Waals surface area (Å²) in [5.41, 5.74) is 2.42. The lowest BCUT2D eigenvalue weighted by Crippen LogP contribution is -2.24. The van der Waals surface area contributed by atoms with Crippen molar-refractivity contribution in [2.45, 2.75) is 25.0 Å². The van der Waals surface area contributed by atoms with Crippen molar-refractivity contribution in [1.29, 1.82) is 0 Å². The molecular weight excluding hydrogens is 322 g/mol. The Morgan fingerprint density at radius 3 is 2.55 bits per heavy atom. The molecule has 1 N–H and O–H groups in total. The van der Waals surface area contributed by atoms with Crippen LogP contribution in [0.5, 0.6) is 0 Å². The second-order valence-electron chi connectivity index (χ2n) is 4.94. The van der Waals surface area contributed by atoms with Gasteiger partial charge in [0.15, 0.2) is 0 Å². The summed E-state index contributed by atoms with van der Waals surface area (Å²) >= 11 is 5.99. The number of nitrogens with one attached hydrogen (secondary N) is 1. The highest BCUT2D eigenvalue weighted by molar-refractivity contribution is 7.89. The number of sulfonamides is 1. The van der Waals surface area contributed by atoms with Gasteiger partial charge in [-0.2, -0.15) is 0 Å². The molecule has 0 aliphatic heterocycles. The molecule has 0 radical (unpaired) electrons. The van der Waals surface area contributed by atoms with Crippen molar-refractivity contribution in [3.05, 3.63) is 64.2 Å². The van der Waals surface area contributed by atoms with Crippen LogP contribution in [0, 0.1) is 6.92 Å². The molecule has 0 atom stereocenters. The standard InChI is InChI=1S/C16H18ClNO3S/c1-12-15(17)7-4-8-16(12)22(19,20)18-10-13-5-3-6-14(9-13)11-21-2/h3-9,18H,10-11H2,1-2H3. The van der Waals surface area contributed by atoms with E-state index in [-0.39, 0.29) is 11.4 Å². The molecule has 0 aliphatic rings. The highest BCUT2D eigenvalue weighted by atomic mass is 35.5. The van der Waals surface area contributed by atoms with Crippen LogP contribution in [0.1, 0.15) is 16.7 Å². The molecule has 0 saturated heterocycles. The van der Waals surface area contributed by atoms with Crippen molar-refractivity contribution in [2.24, 2.45) is 0 Å². The molecule has 4 nitrogen and oxygen atoms in total. The Morgan fingerprint density at radius 1 is 1.14 bits per heavy atom. The third-order valence-electron chi connectivity index (χ3n) is 3.28. The fourth-order valence-electron chi connectivity index (χ4n) is 2.13. The van der Waals surface area contributed by atoms with Crippen molar-refractivity contribution >= 4 is 21.6 Å². The average Bonchev–Trinajstić information content (AvgIpc) is 2.49. The molecule has 6 heteroatoms. The summed E-state index contributed by atoms with van der Waals surface area (Å²) in [6, 6.07) is 12.4. The Labute approximate surface area is 136 Å². The molecule has 0 unspecified atom stereocenters. The number of halogens is 1. The molecule has 0 fully saturated rings. The van der Waals surface area contributed by atoms with E-state index in [2.05, 4.69) is 4.72 Å². The second-order valence-corrected chi connectivity index (χ2v) is 7.08. The maximum atomic E-state index is 12.4. The third-order valence-corrected chi connectivity index (χ3v) is 5.23. The van der Waals surface area contributed by atoms with E-state index in [0.717, 1.165) is 11.1 Å². The number of rotatable bonds is 6. The van der Waals surface area contributed by atoms with E-state index in [1.165, 1.54) is 0 Å². The van der Waals surface area contributed by atoms with Gasteiger partial charge in [-0.1, -0.05) is 41.9 Å². The number of methoxy groups -OCH3 is 1. The molecule has 118 valence electrons. The van der Waals surface area contributed by atoms with Crippen LogP contribution in [-0.4, -0.2) is 15.5 Å². The summed E-state index contributed by atoms with van der Waals surface area (Å²) in [4.78, 5) is 0.202. The van der Waals surface area contributed by atoms with Crippen LogP contribution < -0.4 is 4.72 Å². The minimum absolute atomic E-state index is 0.202. The van der Waals surface area contributed by atoms with Gasteiger partial charge in [-0.05, 0) is 35.7 Å². The van der Waals surface area contributed by atoms with Gasteiger partial charge in [0, 0.05) is 18.7 Å². The van der Waals surface area contributed by atoms with Gasteiger partial charge in [-0.3, -0.25) is 0 Å². The normalized spacial score (nSPS) is 11.6. The number of hydrogen-bond acceptors (Lipinski definition) is 3. The highest BCUT2D eigenvalue weighted by Gasteiger charge is 2.17. The number of ether oxygens (including phenoxy) is 1. The Bertz CT molecular complexity index is 760. The first kappa shape index (κ1) is 17.0. The van der Waals surface area contributed by atoms with Crippen molar-refractivity contribution in [2.75, 3.05) is 7.11 Å². The molecule has 0 heterocycles. The summed E-state index contributed by atoms with van der Waals surface area (Å²) in [5.74, 6) is 0. The Kier molecular flexibility index (Phi) is 5.58. The van der Waals surface area contributed by atoms with Crippen LogP contribution in [0.15, 0.2) is 47.4 Å². The molecule has 0 amide bonds. The van der Waals surface area contributed by atoms with Crippen molar-refractivity contribution in [3.63, 3.8) is 0 Å². The molecule has 2 aromatic rings. The summed E-state index contributed by atoms with van der Waals surface area (Å²) in [6.07, 6.45) is 0. The zero-order valence-electron chi connectivity index (χ0n) is 12.5. The quantitative estimate of drug-likeness (QED) is 0.878. The predicted octanol–water partition coefficient (Wildman–Crippen LogP) is 3.27. The van der Waals surface area contributed by atoms with Gasteiger partial charge in [-0.25, -0.2) is 13.1 Å². The molecule has 0 aliphatic carbocycles. The van der Waals surface area contributed by atoms with Gasteiger partial charge in [0.1, 0.15) is 0 Å². The van der Waals surface area contributed by atoms with E-state index in [9.17, 15) is 8.42 Å². The lowest BCUT2D eigenvalue weighted by atomic mass is 10.1. The molecule has 0 saturated carbocycles. The molecule has 22 heavy (non-hydrogen) atoms. The third kappa shape index (κ3) is 4.08.